The Morgan fingerprint density at radius 3 is 2.48 bits per heavy atom. The first-order chi connectivity index (χ1) is 14.5. The molecule has 1 aliphatic carbocycles. The van der Waals surface area contributed by atoms with Crippen LogP contribution in [0.25, 0.3) is 0 Å². The van der Waals surface area contributed by atoms with Crippen molar-refractivity contribution in [2.45, 2.75) is 77.0 Å². The fraction of sp³-hybridized carbons (Fsp3) is 0.545. The van der Waals surface area contributed by atoms with E-state index >= 15 is 0 Å². The molecule has 0 unspecified atom stereocenters. The van der Waals surface area contributed by atoms with Crippen molar-refractivity contribution in [2.75, 3.05) is 0 Å². The molecule has 0 saturated heterocycles. The standard InChI is InChI=1S/C22H29F3N2O4/c1-4-17(5-2)31-19-11-15(21(29)30)10-18(20(19)27-13(3)28)26-12-14-7-6-8-16(9-14)22(23,24)25/h6-9,11,17-20,26H,4-5,10,12H2,1-3H3,(H,27,28)(H,29,30)/t18-,19+,20+/m0/s1. The van der Waals surface area contributed by atoms with Crippen molar-refractivity contribution in [2.24, 2.45) is 0 Å². The van der Waals surface area contributed by atoms with Gasteiger partial charge in [-0.2, -0.15) is 13.2 Å². The number of aliphatic carboxylic acids is 1. The molecule has 0 bridgehead atoms. The Morgan fingerprint density at radius 1 is 1.26 bits per heavy atom. The van der Waals surface area contributed by atoms with Crippen molar-refractivity contribution in [3.63, 3.8) is 0 Å². The molecule has 6 nitrogen and oxygen atoms in total. The number of hydrogen-bond acceptors (Lipinski definition) is 4. The second kappa shape index (κ2) is 10.8. The van der Waals surface area contributed by atoms with E-state index in [2.05, 4.69) is 10.6 Å². The SMILES string of the molecule is CCC(CC)O[C@@H]1C=C(C(=O)O)C[C@H](NCc2cccc(C(F)(F)F)c2)[C@H]1NC(C)=O. The van der Waals surface area contributed by atoms with Gasteiger partial charge in [0.05, 0.1) is 23.8 Å². The van der Waals surface area contributed by atoms with Crippen molar-refractivity contribution in [3.05, 3.63) is 47.0 Å². The number of carboxylic acid groups (broad SMARTS) is 1. The maximum Gasteiger partial charge on any atom is 0.416 e. The molecule has 172 valence electrons. The summed E-state index contributed by atoms with van der Waals surface area (Å²) in [7, 11) is 0. The zero-order valence-corrected chi connectivity index (χ0v) is 17.8. The second-order valence-electron chi connectivity index (χ2n) is 7.65. The van der Waals surface area contributed by atoms with E-state index < -0.39 is 35.9 Å². The van der Waals surface area contributed by atoms with Gasteiger partial charge in [0.2, 0.25) is 5.91 Å². The Kier molecular flexibility index (Phi) is 8.64. The first-order valence-electron chi connectivity index (χ1n) is 10.3. The topological polar surface area (TPSA) is 87.7 Å². The smallest absolute Gasteiger partial charge is 0.416 e. The summed E-state index contributed by atoms with van der Waals surface area (Å²) in [5.41, 5.74) is -0.214. The van der Waals surface area contributed by atoms with Crippen LogP contribution in [0.4, 0.5) is 13.2 Å². The van der Waals surface area contributed by atoms with Crippen LogP contribution in [-0.4, -0.2) is 41.3 Å². The molecule has 31 heavy (non-hydrogen) atoms. The monoisotopic (exact) mass is 442 g/mol. The fourth-order valence-electron chi connectivity index (χ4n) is 3.67. The van der Waals surface area contributed by atoms with Gasteiger partial charge in [0.25, 0.3) is 0 Å². The van der Waals surface area contributed by atoms with E-state index in [1.165, 1.54) is 19.1 Å². The van der Waals surface area contributed by atoms with Gasteiger partial charge in [0.15, 0.2) is 0 Å². The Labute approximate surface area is 179 Å². The molecule has 0 heterocycles. The lowest BCUT2D eigenvalue weighted by Gasteiger charge is -2.38. The highest BCUT2D eigenvalue weighted by atomic mass is 19.4. The van der Waals surface area contributed by atoms with Crippen LogP contribution in [-0.2, 0) is 27.0 Å². The molecule has 3 atom stereocenters. The van der Waals surface area contributed by atoms with E-state index in [0.717, 1.165) is 25.0 Å². The number of carbonyl (C=O) groups is 2. The minimum Gasteiger partial charge on any atom is -0.478 e. The van der Waals surface area contributed by atoms with E-state index in [9.17, 15) is 27.9 Å². The van der Waals surface area contributed by atoms with E-state index in [1.807, 2.05) is 13.8 Å². The zero-order chi connectivity index (χ0) is 23.2. The van der Waals surface area contributed by atoms with Gasteiger partial charge in [-0.05, 0) is 37.0 Å². The molecule has 0 saturated carbocycles. The van der Waals surface area contributed by atoms with Crippen LogP contribution in [0.15, 0.2) is 35.9 Å². The quantitative estimate of drug-likeness (QED) is 0.543. The fourth-order valence-corrected chi connectivity index (χ4v) is 3.67. The number of carboxylic acids is 1. The zero-order valence-electron chi connectivity index (χ0n) is 17.8. The van der Waals surface area contributed by atoms with E-state index in [0.29, 0.717) is 5.56 Å². The third-order valence-electron chi connectivity index (χ3n) is 5.32. The molecular formula is C22H29F3N2O4. The van der Waals surface area contributed by atoms with Gasteiger partial charge in [0.1, 0.15) is 0 Å². The summed E-state index contributed by atoms with van der Waals surface area (Å²) in [6, 6.07) is 3.84. The molecule has 9 heteroatoms. The average Bonchev–Trinajstić information content (AvgIpc) is 2.70. The van der Waals surface area contributed by atoms with Crippen LogP contribution in [0.3, 0.4) is 0 Å². The highest BCUT2D eigenvalue weighted by molar-refractivity contribution is 5.87. The van der Waals surface area contributed by atoms with Crippen LogP contribution in [0.2, 0.25) is 0 Å². The Hall–Kier alpha value is -2.39. The van der Waals surface area contributed by atoms with Crippen molar-refractivity contribution < 1.29 is 32.6 Å². The van der Waals surface area contributed by atoms with Crippen molar-refractivity contribution >= 4 is 11.9 Å². The Balaban J connectivity index is 2.27. The van der Waals surface area contributed by atoms with Crippen LogP contribution in [0.5, 0.6) is 0 Å². The number of hydrogen-bond donors (Lipinski definition) is 3. The lowest BCUT2D eigenvalue weighted by molar-refractivity contribution is -0.137. The molecule has 2 rings (SSSR count). The molecule has 0 fully saturated rings. The number of amides is 1. The Bertz CT molecular complexity index is 806. The van der Waals surface area contributed by atoms with Crippen molar-refractivity contribution in [3.8, 4) is 0 Å². The van der Waals surface area contributed by atoms with Gasteiger partial charge in [-0.3, -0.25) is 4.79 Å². The molecule has 1 aromatic carbocycles. The normalized spacial score (nSPS) is 21.6. The first-order valence-corrected chi connectivity index (χ1v) is 10.3. The maximum atomic E-state index is 13.0. The van der Waals surface area contributed by atoms with E-state index in [1.54, 1.807) is 6.07 Å². The van der Waals surface area contributed by atoms with Crippen molar-refractivity contribution in [1.29, 1.82) is 0 Å². The molecule has 1 amide bonds. The number of alkyl halides is 3. The van der Waals surface area contributed by atoms with Gasteiger partial charge < -0.3 is 20.5 Å². The molecule has 1 aromatic rings. The highest BCUT2D eigenvalue weighted by Crippen LogP contribution is 2.30. The van der Waals surface area contributed by atoms with Gasteiger partial charge in [-0.25, -0.2) is 4.79 Å². The van der Waals surface area contributed by atoms with Gasteiger partial charge in [-0.15, -0.1) is 0 Å². The number of rotatable bonds is 9. The van der Waals surface area contributed by atoms with Crippen LogP contribution < -0.4 is 10.6 Å². The average molecular weight is 442 g/mol. The Morgan fingerprint density at radius 2 is 1.94 bits per heavy atom. The predicted molar refractivity (Wildman–Crippen MR) is 109 cm³/mol. The lowest BCUT2D eigenvalue weighted by atomic mass is 9.87. The second-order valence-corrected chi connectivity index (χ2v) is 7.65. The summed E-state index contributed by atoms with van der Waals surface area (Å²) in [4.78, 5) is 23.5. The van der Waals surface area contributed by atoms with Gasteiger partial charge >= 0.3 is 12.1 Å². The summed E-state index contributed by atoms with van der Waals surface area (Å²) in [6.45, 7) is 5.34. The molecule has 3 N–H and O–H groups in total. The van der Waals surface area contributed by atoms with E-state index in [4.69, 9.17) is 4.74 Å². The number of nitrogens with one attached hydrogen (secondary N) is 2. The lowest BCUT2D eigenvalue weighted by Crippen LogP contribution is -2.58. The van der Waals surface area contributed by atoms with Crippen LogP contribution >= 0.6 is 0 Å². The predicted octanol–water partition coefficient (Wildman–Crippen LogP) is 3.66. The molecule has 1 aliphatic rings. The third-order valence-corrected chi connectivity index (χ3v) is 5.32. The molecule has 0 spiro atoms. The molecular weight excluding hydrogens is 413 g/mol. The molecule has 0 aromatic heterocycles. The summed E-state index contributed by atoms with van der Waals surface area (Å²) in [5, 5.41) is 15.5. The molecule has 0 radical (unpaired) electrons. The number of carbonyl (C=O) groups excluding carboxylic acids is 1. The third kappa shape index (κ3) is 7.07. The van der Waals surface area contributed by atoms with Crippen LogP contribution in [0.1, 0.15) is 51.2 Å². The largest absolute Gasteiger partial charge is 0.478 e. The number of halogens is 3. The summed E-state index contributed by atoms with van der Waals surface area (Å²) in [6.07, 6.45) is -2.18. The van der Waals surface area contributed by atoms with E-state index in [-0.39, 0.29) is 30.5 Å². The van der Waals surface area contributed by atoms with Gasteiger partial charge in [0, 0.05) is 25.1 Å². The number of ether oxygens (including phenoxy) is 1. The maximum absolute atomic E-state index is 13.0. The highest BCUT2D eigenvalue weighted by Gasteiger charge is 2.37. The summed E-state index contributed by atoms with van der Waals surface area (Å²) < 4.78 is 45.1. The summed E-state index contributed by atoms with van der Waals surface area (Å²) >= 11 is 0. The van der Waals surface area contributed by atoms with Crippen LogP contribution in [0, 0.1) is 0 Å². The first kappa shape index (κ1) is 24.9. The molecule has 0 aliphatic heterocycles. The minimum absolute atomic E-state index is 0.0786. The van der Waals surface area contributed by atoms with Gasteiger partial charge in [-0.1, -0.05) is 32.0 Å². The number of benzene rings is 1. The van der Waals surface area contributed by atoms with Crippen molar-refractivity contribution in [1.82, 2.24) is 10.6 Å². The summed E-state index contributed by atoms with van der Waals surface area (Å²) in [5.74, 6) is -1.40. The minimum atomic E-state index is -4.45.